The summed E-state index contributed by atoms with van der Waals surface area (Å²) in [5.74, 6) is 2.93. The maximum absolute atomic E-state index is 12.3. The van der Waals surface area contributed by atoms with E-state index in [2.05, 4.69) is 15.3 Å². The molecule has 1 aromatic heterocycles. The van der Waals surface area contributed by atoms with E-state index in [-0.39, 0.29) is 11.2 Å². The topological polar surface area (TPSA) is 85.5 Å². The fourth-order valence-corrected chi connectivity index (χ4v) is 3.69. The number of benzene rings is 2. The van der Waals surface area contributed by atoms with Crippen molar-refractivity contribution in [3.05, 3.63) is 47.8 Å². The molecule has 2 N–H and O–H groups in total. The molecule has 154 valence electrons. The number of ether oxygens (including phenoxy) is 3. The van der Waals surface area contributed by atoms with Gasteiger partial charge in [0.15, 0.2) is 11.5 Å². The van der Waals surface area contributed by atoms with Crippen LogP contribution >= 0.6 is 11.8 Å². The fourth-order valence-electron chi connectivity index (χ4n) is 2.92. The van der Waals surface area contributed by atoms with Crippen LogP contribution in [0, 0.1) is 0 Å². The number of carbonyl (C=O) groups is 1. The van der Waals surface area contributed by atoms with Crippen LogP contribution < -0.4 is 19.5 Å². The minimum absolute atomic E-state index is 0.0604. The Morgan fingerprint density at radius 1 is 1.10 bits per heavy atom. The number of amides is 1. The summed E-state index contributed by atoms with van der Waals surface area (Å²) < 4.78 is 16.0. The lowest BCUT2D eigenvalue weighted by Gasteiger charge is -2.15. The van der Waals surface area contributed by atoms with E-state index in [0.717, 1.165) is 22.4 Å². The number of fused-ring (bicyclic) bond motifs is 1. The Hall–Kier alpha value is -2.87. The molecule has 0 aliphatic carbocycles. The number of thioether (sulfide) groups is 1. The number of para-hydroxylation sites is 2. The number of H-pyrrole nitrogens is 1. The number of rotatable bonds is 9. The van der Waals surface area contributed by atoms with Gasteiger partial charge in [-0.15, -0.1) is 11.8 Å². The van der Waals surface area contributed by atoms with E-state index in [1.54, 1.807) is 27.4 Å². The molecule has 0 aliphatic rings. The molecule has 0 aliphatic heterocycles. The first kappa shape index (κ1) is 20.9. The molecule has 0 unspecified atom stereocenters. The first-order chi connectivity index (χ1) is 14.0. The van der Waals surface area contributed by atoms with Gasteiger partial charge < -0.3 is 24.5 Å². The van der Waals surface area contributed by atoms with Crippen LogP contribution in [0.15, 0.2) is 36.4 Å². The van der Waals surface area contributed by atoms with Gasteiger partial charge in [0.2, 0.25) is 5.91 Å². The monoisotopic (exact) mass is 415 g/mol. The summed E-state index contributed by atoms with van der Waals surface area (Å²) in [6, 6.07) is 11.4. The Morgan fingerprint density at radius 3 is 2.48 bits per heavy atom. The second-order valence-electron chi connectivity index (χ2n) is 6.39. The smallest absolute Gasteiger partial charge is 0.230 e. The number of aromatic amines is 1. The van der Waals surface area contributed by atoms with Crippen molar-refractivity contribution < 1.29 is 19.0 Å². The molecule has 8 heteroatoms. The normalized spacial score (nSPS) is 11.9. The molecule has 0 bridgehead atoms. The van der Waals surface area contributed by atoms with Gasteiger partial charge in [0.1, 0.15) is 11.6 Å². The van der Waals surface area contributed by atoms with Crippen molar-refractivity contribution in [1.82, 2.24) is 15.3 Å². The predicted octanol–water partition coefficient (Wildman–Crippen LogP) is 3.70. The molecule has 3 aromatic rings. The number of imidazole rings is 1. The number of nitrogens with one attached hydrogen (secondary N) is 2. The SMILES string of the molecule is COc1cc(OC)c(OC)cc1CNC(=O)CS[C@H](C)c1nc2ccccc2[nH]1. The third kappa shape index (κ3) is 4.95. The molecule has 0 radical (unpaired) electrons. The van der Waals surface area contributed by atoms with Crippen molar-refractivity contribution in [1.29, 1.82) is 0 Å². The Labute approximate surface area is 174 Å². The van der Waals surface area contributed by atoms with E-state index in [0.29, 0.717) is 29.5 Å². The molecule has 29 heavy (non-hydrogen) atoms. The summed E-state index contributed by atoms with van der Waals surface area (Å²) in [6.45, 7) is 2.37. The van der Waals surface area contributed by atoms with E-state index < -0.39 is 0 Å². The van der Waals surface area contributed by atoms with E-state index in [4.69, 9.17) is 14.2 Å². The first-order valence-electron chi connectivity index (χ1n) is 9.17. The number of aromatic nitrogens is 2. The molecule has 1 atom stereocenters. The highest BCUT2D eigenvalue weighted by atomic mass is 32.2. The van der Waals surface area contributed by atoms with E-state index >= 15 is 0 Å². The van der Waals surface area contributed by atoms with Crippen LogP contribution in [-0.4, -0.2) is 43.0 Å². The molecular formula is C21H25N3O4S. The molecule has 1 amide bonds. The number of hydrogen-bond acceptors (Lipinski definition) is 6. The van der Waals surface area contributed by atoms with Gasteiger partial charge in [-0.2, -0.15) is 0 Å². The van der Waals surface area contributed by atoms with Crippen molar-refractivity contribution in [2.45, 2.75) is 18.7 Å². The molecule has 0 saturated carbocycles. The van der Waals surface area contributed by atoms with Crippen LogP contribution in [0.2, 0.25) is 0 Å². The van der Waals surface area contributed by atoms with Crippen LogP contribution in [0.3, 0.4) is 0 Å². The van der Waals surface area contributed by atoms with Gasteiger partial charge in [0.05, 0.1) is 43.4 Å². The summed E-state index contributed by atoms with van der Waals surface area (Å²) in [5.41, 5.74) is 2.74. The zero-order chi connectivity index (χ0) is 20.8. The number of nitrogens with zero attached hydrogens (tertiary/aromatic N) is 1. The lowest BCUT2D eigenvalue weighted by atomic mass is 10.1. The Morgan fingerprint density at radius 2 is 1.79 bits per heavy atom. The second-order valence-corrected chi connectivity index (χ2v) is 7.72. The molecule has 0 saturated heterocycles. The van der Waals surface area contributed by atoms with E-state index in [9.17, 15) is 4.79 Å². The van der Waals surface area contributed by atoms with Gasteiger partial charge in [-0.3, -0.25) is 4.79 Å². The van der Waals surface area contributed by atoms with Gasteiger partial charge >= 0.3 is 0 Å². The number of carbonyl (C=O) groups excluding carboxylic acids is 1. The predicted molar refractivity (Wildman–Crippen MR) is 115 cm³/mol. The van der Waals surface area contributed by atoms with Gasteiger partial charge in [-0.05, 0) is 25.1 Å². The molecule has 7 nitrogen and oxygen atoms in total. The van der Waals surface area contributed by atoms with Crippen molar-refractivity contribution in [2.75, 3.05) is 27.1 Å². The van der Waals surface area contributed by atoms with Crippen molar-refractivity contribution in [3.8, 4) is 17.2 Å². The summed E-state index contributed by atoms with van der Waals surface area (Å²) >= 11 is 1.53. The standard InChI is InChI=1S/C21H25N3O4S/c1-13(21-23-15-7-5-6-8-16(15)24-21)29-12-20(25)22-11-14-9-18(27-3)19(28-4)10-17(14)26-2/h5-10,13H,11-12H2,1-4H3,(H,22,25)(H,23,24)/t13-/m1/s1. The Balaban J connectivity index is 1.57. The highest BCUT2D eigenvalue weighted by Crippen LogP contribution is 2.34. The van der Waals surface area contributed by atoms with Gasteiger partial charge in [0, 0.05) is 18.2 Å². The average molecular weight is 416 g/mol. The summed E-state index contributed by atoms with van der Waals surface area (Å²) in [5, 5.41) is 3.00. The third-order valence-corrected chi connectivity index (χ3v) is 5.67. The second kappa shape index (κ2) is 9.56. The van der Waals surface area contributed by atoms with Crippen LogP contribution in [0.5, 0.6) is 17.2 Å². The minimum atomic E-state index is -0.0604. The minimum Gasteiger partial charge on any atom is -0.496 e. The van der Waals surface area contributed by atoms with Crippen molar-refractivity contribution >= 4 is 28.7 Å². The summed E-state index contributed by atoms with van der Waals surface area (Å²) in [6.07, 6.45) is 0. The highest BCUT2D eigenvalue weighted by Gasteiger charge is 2.15. The van der Waals surface area contributed by atoms with Crippen LogP contribution in [0.1, 0.15) is 23.6 Å². The summed E-state index contributed by atoms with van der Waals surface area (Å²) in [7, 11) is 4.72. The fraction of sp³-hybridized carbons (Fsp3) is 0.333. The van der Waals surface area contributed by atoms with Crippen molar-refractivity contribution in [3.63, 3.8) is 0 Å². The largest absolute Gasteiger partial charge is 0.496 e. The maximum Gasteiger partial charge on any atom is 0.230 e. The lowest BCUT2D eigenvalue weighted by Crippen LogP contribution is -2.25. The zero-order valence-electron chi connectivity index (χ0n) is 16.9. The maximum atomic E-state index is 12.3. The lowest BCUT2D eigenvalue weighted by molar-refractivity contribution is -0.118. The molecule has 0 spiro atoms. The van der Waals surface area contributed by atoms with Gasteiger partial charge in [-0.25, -0.2) is 4.98 Å². The number of methoxy groups -OCH3 is 3. The van der Waals surface area contributed by atoms with Crippen LogP contribution in [0.4, 0.5) is 0 Å². The zero-order valence-corrected chi connectivity index (χ0v) is 17.8. The van der Waals surface area contributed by atoms with Crippen LogP contribution in [-0.2, 0) is 11.3 Å². The number of hydrogen-bond donors (Lipinski definition) is 2. The van der Waals surface area contributed by atoms with E-state index in [1.165, 1.54) is 11.8 Å². The molecular weight excluding hydrogens is 390 g/mol. The van der Waals surface area contributed by atoms with Crippen molar-refractivity contribution in [2.24, 2.45) is 0 Å². The Kier molecular flexibility index (Phi) is 6.87. The highest BCUT2D eigenvalue weighted by molar-refractivity contribution is 8.00. The quantitative estimate of drug-likeness (QED) is 0.554. The molecule has 3 rings (SSSR count). The van der Waals surface area contributed by atoms with Gasteiger partial charge in [-0.1, -0.05) is 12.1 Å². The first-order valence-corrected chi connectivity index (χ1v) is 10.2. The van der Waals surface area contributed by atoms with Crippen LogP contribution in [0.25, 0.3) is 11.0 Å². The third-order valence-electron chi connectivity index (χ3n) is 4.52. The molecule has 0 fully saturated rings. The van der Waals surface area contributed by atoms with E-state index in [1.807, 2.05) is 37.3 Å². The molecule has 1 heterocycles. The molecule has 2 aromatic carbocycles. The van der Waals surface area contributed by atoms with Gasteiger partial charge in [0.25, 0.3) is 0 Å². The Bertz CT molecular complexity index is 956. The average Bonchev–Trinajstić information content (AvgIpc) is 3.19. The summed E-state index contributed by atoms with van der Waals surface area (Å²) in [4.78, 5) is 20.2.